The number of aryl methyl sites for hydroxylation is 1. The molecule has 0 bridgehead atoms. The third-order valence-electron chi connectivity index (χ3n) is 2.86. The van der Waals surface area contributed by atoms with Gasteiger partial charge in [0.1, 0.15) is 12.4 Å². The van der Waals surface area contributed by atoms with E-state index < -0.39 is 6.10 Å². The normalized spacial score (nSPS) is 12.8. The first kappa shape index (κ1) is 10.9. The largest absolute Gasteiger partial charge is 0.380 e. The van der Waals surface area contributed by atoms with E-state index in [1.807, 2.05) is 37.3 Å². The van der Waals surface area contributed by atoms with E-state index in [9.17, 15) is 5.11 Å². The van der Waals surface area contributed by atoms with Crippen LogP contribution < -0.4 is 0 Å². The molecule has 5 heteroatoms. The van der Waals surface area contributed by atoms with Crippen molar-refractivity contribution in [2.75, 3.05) is 0 Å². The number of aliphatic hydroxyl groups is 1. The van der Waals surface area contributed by atoms with Gasteiger partial charge >= 0.3 is 0 Å². The van der Waals surface area contributed by atoms with E-state index >= 15 is 0 Å². The molecule has 2 N–H and O–H groups in total. The summed E-state index contributed by atoms with van der Waals surface area (Å²) in [4.78, 5) is 8.38. The van der Waals surface area contributed by atoms with Gasteiger partial charge in [-0.3, -0.25) is 10.1 Å². The molecule has 0 saturated heterocycles. The molecule has 0 fully saturated rings. The van der Waals surface area contributed by atoms with Gasteiger partial charge in [0.05, 0.1) is 5.52 Å². The molecule has 5 nitrogen and oxygen atoms in total. The lowest BCUT2D eigenvalue weighted by Gasteiger charge is -2.08. The fourth-order valence-corrected chi connectivity index (χ4v) is 1.92. The van der Waals surface area contributed by atoms with Crippen LogP contribution in [-0.2, 0) is 0 Å². The van der Waals surface area contributed by atoms with E-state index in [1.165, 1.54) is 6.33 Å². The van der Waals surface area contributed by atoms with Crippen molar-refractivity contribution < 1.29 is 5.11 Å². The number of pyridine rings is 1. The second kappa shape index (κ2) is 4.19. The Kier molecular flexibility index (Phi) is 2.53. The highest BCUT2D eigenvalue weighted by Crippen LogP contribution is 2.22. The van der Waals surface area contributed by atoms with Crippen LogP contribution in [0.4, 0.5) is 0 Å². The van der Waals surface area contributed by atoms with Crippen LogP contribution in [0.15, 0.2) is 36.7 Å². The molecule has 0 aliphatic rings. The van der Waals surface area contributed by atoms with E-state index in [4.69, 9.17) is 0 Å². The van der Waals surface area contributed by atoms with Gasteiger partial charge in [0.15, 0.2) is 5.82 Å². The molecule has 0 saturated carbocycles. The van der Waals surface area contributed by atoms with Gasteiger partial charge in [-0.05, 0) is 30.7 Å². The fourth-order valence-electron chi connectivity index (χ4n) is 1.92. The molecule has 1 aromatic carbocycles. The summed E-state index contributed by atoms with van der Waals surface area (Å²) in [5, 5.41) is 17.5. The summed E-state index contributed by atoms with van der Waals surface area (Å²) in [6.45, 7) is 1.96. The molecule has 1 atom stereocenters. The molecule has 0 aliphatic heterocycles. The average molecular weight is 240 g/mol. The average Bonchev–Trinajstić information content (AvgIpc) is 2.91. The summed E-state index contributed by atoms with van der Waals surface area (Å²) in [7, 11) is 0. The van der Waals surface area contributed by atoms with Crippen molar-refractivity contribution in [1.82, 2.24) is 20.2 Å². The van der Waals surface area contributed by atoms with Crippen molar-refractivity contribution >= 4 is 10.9 Å². The fraction of sp³-hybridized carbons (Fsp3) is 0.154. The molecule has 0 amide bonds. The standard InChI is InChI=1S/C13H12N4O/c1-8-2-3-9-6-10(4-5-11(9)16-8)12(18)13-14-7-15-17-13/h2-7,12,18H,1H3,(H,14,15,17). The molecule has 90 valence electrons. The number of aromatic amines is 1. The van der Waals surface area contributed by atoms with Crippen molar-refractivity contribution in [3.05, 3.63) is 53.7 Å². The van der Waals surface area contributed by atoms with Gasteiger partial charge in [-0.1, -0.05) is 12.1 Å². The zero-order chi connectivity index (χ0) is 12.5. The zero-order valence-electron chi connectivity index (χ0n) is 9.83. The Bertz CT molecular complexity index is 679. The van der Waals surface area contributed by atoms with Crippen LogP contribution in [0.25, 0.3) is 10.9 Å². The number of hydrogen-bond acceptors (Lipinski definition) is 4. The van der Waals surface area contributed by atoms with E-state index in [0.717, 1.165) is 22.2 Å². The third-order valence-corrected chi connectivity index (χ3v) is 2.86. The van der Waals surface area contributed by atoms with Crippen LogP contribution in [0, 0.1) is 6.92 Å². The molecule has 3 aromatic rings. The minimum Gasteiger partial charge on any atom is -0.380 e. The predicted molar refractivity (Wildman–Crippen MR) is 66.9 cm³/mol. The maximum atomic E-state index is 10.1. The van der Waals surface area contributed by atoms with Crippen LogP contribution in [0.1, 0.15) is 23.2 Å². The molecule has 0 radical (unpaired) electrons. The zero-order valence-corrected chi connectivity index (χ0v) is 9.83. The SMILES string of the molecule is Cc1ccc2cc(C(O)c3ncn[nH]3)ccc2n1. The molecular weight excluding hydrogens is 228 g/mol. The molecule has 2 aromatic heterocycles. The van der Waals surface area contributed by atoms with Crippen molar-refractivity contribution in [2.24, 2.45) is 0 Å². The van der Waals surface area contributed by atoms with Crippen molar-refractivity contribution in [3.8, 4) is 0 Å². The lowest BCUT2D eigenvalue weighted by atomic mass is 10.1. The number of hydrogen-bond donors (Lipinski definition) is 2. The monoisotopic (exact) mass is 240 g/mol. The second-order valence-corrected chi connectivity index (χ2v) is 4.18. The van der Waals surface area contributed by atoms with Gasteiger partial charge in [0, 0.05) is 11.1 Å². The first-order valence-electron chi connectivity index (χ1n) is 5.65. The Morgan fingerprint density at radius 2 is 2.11 bits per heavy atom. The number of H-pyrrole nitrogens is 1. The maximum Gasteiger partial charge on any atom is 0.157 e. The van der Waals surface area contributed by atoms with Crippen molar-refractivity contribution in [3.63, 3.8) is 0 Å². The van der Waals surface area contributed by atoms with Crippen LogP contribution in [-0.4, -0.2) is 25.3 Å². The summed E-state index contributed by atoms with van der Waals surface area (Å²) in [6, 6.07) is 9.61. The predicted octanol–water partition coefficient (Wildman–Crippen LogP) is 1.74. The van der Waals surface area contributed by atoms with Gasteiger partial charge in [-0.25, -0.2) is 4.98 Å². The number of rotatable bonds is 2. The number of nitrogens with one attached hydrogen (secondary N) is 1. The van der Waals surface area contributed by atoms with E-state index in [1.54, 1.807) is 0 Å². The van der Waals surface area contributed by atoms with E-state index in [0.29, 0.717) is 5.82 Å². The number of fused-ring (bicyclic) bond motifs is 1. The van der Waals surface area contributed by atoms with E-state index in [2.05, 4.69) is 20.2 Å². The number of aliphatic hydroxyl groups excluding tert-OH is 1. The van der Waals surface area contributed by atoms with Crippen LogP contribution in [0.5, 0.6) is 0 Å². The third kappa shape index (κ3) is 1.84. The number of aromatic nitrogens is 4. The van der Waals surface area contributed by atoms with Gasteiger partial charge in [-0.2, -0.15) is 5.10 Å². The van der Waals surface area contributed by atoms with E-state index in [-0.39, 0.29) is 0 Å². The first-order valence-corrected chi connectivity index (χ1v) is 5.65. The van der Waals surface area contributed by atoms with Gasteiger partial charge in [0.25, 0.3) is 0 Å². The molecule has 0 aliphatic carbocycles. The molecule has 3 rings (SSSR count). The highest BCUT2D eigenvalue weighted by Gasteiger charge is 2.13. The van der Waals surface area contributed by atoms with Crippen LogP contribution >= 0.6 is 0 Å². The summed E-state index contributed by atoms with van der Waals surface area (Å²) in [5.41, 5.74) is 2.67. The molecule has 18 heavy (non-hydrogen) atoms. The topological polar surface area (TPSA) is 74.7 Å². The summed E-state index contributed by atoms with van der Waals surface area (Å²) >= 11 is 0. The maximum absolute atomic E-state index is 10.1. The van der Waals surface area contributed by atoms with Crippen LogP contribution in [0.3, 0.4) is 0 Å². The highest BCUT2D eigenvalue weighted by molar-refractivity contribution is 5.79. The Morgan fingerprint density at radius 3 is 2.89 bits per heavy atom. The Labute approximate surface area is 104 Å². The smallest absolute Gasteiger partial charge is 0.157 e. The minimum atomic E-state index is -0.793. The number of benzene rings is 1. The van der Waals surface area contributed by atoms with Crippen molar-refractivity contribution in [1.29, 1.82) is 0 Å². The highest BCUT2D eigenvalue weighted by atomic mass is 16.3. The Hall–Kier alpha value is -2.27. The first-order chi connectivity index (χ1) is 8.74. The molecular formula is C13H12N4O. The number of nitrogens with zero attached hydrogens (tertiary/aromatic N) is 3. The summed E-state index contributed by atoms with van der Waals surface area (Å²) in [5.74, 6) is 0.439. The lowest BCUT2D eigenvalue weighted by molar-refractivity contribution is 0.210. The van der Waals surface area contributed by atoms with Crippen molar-refractivity contribution in [2.45, 2.75) is 13.0 Å². The van der Waals surface area contributed by atoms with Gasteiger partial charge in [0.2, 0.25) is 0 Å². The Balaban J connectivity index is 2.06. The molecule has 0 spiro atoms. The van der Waals surface area contributed by atoms with Gasteiger partial charge < -0.3 is 5.11 Å². The molecule has 1 unspecified atom stereocenters. The van der Waals surface area contributed by atoms with Gasteiger partial charge in [-0.15, -0.1) is 0 Å². The minimum absolute atomic E-state index is 0.439. The Morgan fingerprint density at radius 1 is 1.22 bits per heavy atom. The summed E-state index contributed by atoms with van der Waals surface area (Å²) < 4.78 is 0. The summed E-state index contributed by atoms with van der Waals surface area (Å²) in [6.07, 6.45) is 0.586. The quantitative estimate of drug-likeness (QED) is 0.715. The molecule has 2 heterocycles. The second-order valence-electron chi connectivity index (χ2n) is 4.18. The van der Waals surface area contributed by atoms with Crippen LogP contribution in [0.2, 0.25) is 0 Å². The lowest BCUT2D eigenvalue weighted by Crippen LogP contribution is -2.02.